The predicted octanol–water partition coefficient (Wildman–Crippen LogP) is 2.77. The summed E-state index contributed by atoms with van der Waals surface area (Å²) in [7, 11) is 1.50. The molecule has 4 N–H and O–H groups in total. The number of alkyl halides is 6. The molecule has 1 aromatic carbocycles. The third-order valence-electron chi connectivity index (χ3n) is 3.86. The van der Waals surface area contributed by atoms with Gasteiger partial charge < -0.3 is 20.9 Å². The van der Waals surface area contributed by atoms with Gasteiger partial charge in [0.2, 0.25) is 0 Å². The van der Waals surface area contributed by atoms with Crippen LogP contribution in [0.3, 0.4) is 0 Å². The van der Waals surface area contributed by atoms with E-state index >= 15 is 0 Å². The van der Waals surface area contributed by atoms with Crippen LogP contribution in [0.4, 0.5) is 26.3 Å². The van der Waals surface area contributed by atoms with Crippen LogP contribution in [0.1, 0.15) is 16.1 Å². The third kappa shape index (κ3) is 6.31. The Bertz CT molecular complexity index is 1140. The van der Waals surface area contributed by atoms with Gasteiger partial charge in [0.25, 0.3) is 5.91 Å². The van der Waals surface area contributed by atoms with Crippen molar-refractivity contribution in [2.45, 2.75) is 19.1 Å². The lowest BCUT2D eigenvalue weighted by Crippen LogP contribution is -2.21. The van der Waals surface area contributed by atoms with E-state index in [-0.39, 0.29) is 18.2 Å². The first-order chi connectivity index (χ1) is 15.3. The van der Waals surface area contributed by atoms with Crippen molar-refractivity contribution in [2.24, 2.45) is 5.73 Å². The molecular weight excluding hydrogens is 464 g/mol. The Hall–Kier alpha value is -3.88. The van der Waals surface area contributed by atoms with E-state index in [0.717, 1.165) is 0 Å². The summed E-state index contributed by atoms with van der Waals surface area (Å²) in [6.07, 6.45) is -8.40. The number of nitrogens with zero attached hydrogens (tertiary/aromatic N) is 3. The van der Waals surface area contributed by atoms with Gasteiger partial charge in [0.1, 0.15) is 5.75 Å². The van der Waals surface area contributed by atoms with Crippen LogP contribution < -0.4 is 15.8 Å². The molecule has 15 heteroatoms. The van der Waals surface area contributed by atoms with Gasteiger partial charge in [-0.1, -0.05) is 0 Å². The van der Waals surface area contributed by atoms with Crippen LogP contribution >= 0.6 is 0 Å². The van der Waals surface area contributed by atoms with Gasteiger partial charge in [-0.05, 0) is 30.3 Å². The highest BCUT2D eigenvalue weighted by Crippen LogP contribution is 2.27. The molecule has 2 aromatic heterocycles. The molecule has 0 spiro atoms. The van der Waals surface area contributed by atoms with Gasteiger partial charge in [0, 0.05) is 19.8 Å². The van der Waals surface area contributed by atoms with Crippen LogP contribution in [0, 0.1) is 0 Å². The van der Waals surface area contributed by atoms with Crippen LogP contribution in [-0.2, 0) is 11.3 Å². The Kier molecular flexibility index (Phi) is 7.48. The number of ether oxygens (including phenoxy) is 1. The topological polar surface area (TPSA) is 132 Å². The van der Waals surface area contributed by atoms with Gasteiger partial charge in [-0.3, -0.25) is 4.79 Å². The first kappa shape index (κ1) is 25.4. The van der Waals surface area contributed by atoms with Gasteiger partial charge in [0.15, 0.2) is 5.65 Å². The number of aliphatic carboxylic acids is 1. The van der Waals surface area contributed by atoms with E-state index in [9.17, 15) is 31.1 Å². The van der Waals surface area contributed by atoms with Crippen LogP contribution in [0.15, 0.2) is 36.5 Å². The second kappa shape index (κ2) is 9.72. The Balaban J connectivity index is 0.000000479. The molecule has 0 aliphatic carbocycles. The molecule has 0 bridgehead atoms. The highest BCUT2D eigenvalue weighted by molar-refractivity contribution is 6.06. The molecule has 0 unspecified atom stereocenters. The fourth-order valence-corrected chi connectivity index (χ4v) is 2.55. The Labute approximate surface area is 180 Å². The molecular formula is C18H15F6N5O4. The van der Waals surface area contributed by atoms with Crippen LogP contribution in [0.25, 0.3) is 16.7 Å². The molecule has 1 amide bonds. The molecule has 33 heavy (non-hydrogen) atoms. The van der Waals surface area contributed by atoms with Crippen molar-refractivity contribution in [1.82, 2.24) is 20.1 Å². The number of nitrogens with one attached hydrogen (secondary N) is 1. The van der Waals surface area contributed by atoms with E-state index < -0.39 is 18.5 Å². The molecule has 178 valence electrons. The lowest BCUT2D eigenvalue weighted by molar-refractivity contribution is -0.274. The fourth-order valence-electron chi connectivity index (χ4n) is 2.55. The average Bonchev–Trinajstić information content (AvgIpc) is 3.11. The molecule has 0 aliphatic heterocycles. The number of carbonyl (C=O) groups excluding carboxylic acids is 1. The summed E-state index contributed by atoms with van der Waals surface area (Å²) in [5.74, 6) is -3.43. The summed E-state index contributed by atoms with van der Waals surface area (Å²) in [6, 6.07) is 6.69. The molecule has 0 aliphatic rings. The lowest BCUT2D eigenvalue weighted by atomic mass is 10.1. The van der Waals surface area contributed by atoms with Crippen molar-refractivity contribution in [3.8, 4) is 11.4 Å². The van der Waals surface area contributed by atoms with Gasteiger partial charge >= 0.3 is 18.5 Å². The highest BCUT2D eigenvalue weighted by Gasteiger charge is 2.38. The Morgan fingerprint density at radius 3 is 2.15 bits per heavy atom. The zero-order valence-corrected chi connectivity index (χ0v) is 16.5. The van der Waals surface area contributed by atoms with Crippen molar-refractivity contribution in [3.05, 3.63) is 47.8 Å². The minimum atomic E-state index is -5.08. The number of amides is 1. The number of nitrogens with two attached hydrogens (primary N) is 1. The first-order valence-corrected chi connectivity index (χ1v) is 8.73. The number of hydrogen-bond acceptors (Lipinski definition) is 6. The quantitative estimate of drug-likeness (QED) is 0.490. The van der Waals surface area contributed by atoms with Crippen molar-refractivity contribution in [2.75, 3.05) is 7.05 Å². The smallest absolute Gasteiger partial charge is 0.475 e. The molecule has 3 rings (SSSR count). The Morgan fingerprint density at radius 2 is 1.70 bits per heavy atom. The monoisotopic (exact) mass is 479 g/mol. The van der Waals surface area contributed by atoms with E-state index in [2.05, 4.69) is 20.1 Å². The minimum absolute atomic E-state index is 0.0639. The number of hydrogen-bond donors (Lipinski definition) is 3. The second-order valence-electron chi connectivity index (χ2n) is 6.04. The molecule has 0 saturated carbocycles. The second-order valence-corrected chi connectivity index (χ2v) is 6.04. The van der Waals surface area contributed by atoms with E-state index in [1.165, 1.54) is 42.2 Å². The normalized spacial score (nSPS) is 11.5. The van der Waals surface area contributed by atoms with Crippen LogP contribution in [0.5, 0.6) is 5.75 Å². The number of halogens is 6. The van der Waals surface area contributed by atoms with Crippen LogP contribution in [-0.4, -0.2) is 51.3 Å². The average molecular weight is 479 g/mol. The number of rotatable bonds is 4. The van der Waals surface area contributed by atoms with Crippen molar-refractivity contribution in [3.63, 3.8) is 0 Å². The largest absolute Gasteiger partial charge is 0.573 e. The standard InChI is InChI=1S/C16H14F3N5O2.C2HF3O2/c1-21-15(25)11-6-7-22-14-13(11)12(8-20)23-24(14)9-2-4-10(5-3-9)26-16(17,18)19;3-2(4,5)1(6)7/h2-7H,8,20H2,1H3,(H,21,25);(H,6,7). The van der Waals surface area contributed by atoms with Gasteiger partial charge in [-0.25, -0.2) is 14.5 Å². The number of fused-ring (bicyclic) bond motifs is 1. The van der Waals surface area contributed by atoms with E-state index in [4.69, 9.17) is 15.6 Å². The SMILES string of the molecule is CNC(=O)c1ccnc2c1c(CN)nn2-c1ccc(OC(F)(F)F)cc1.O=C(O)C(F)(F)F. The zero-order valence-electron chi connectivity index (χ0n) is 16.5. The molecule has 0 fully saturated rings. The van der Waals surface area contributed by atoms with Crippen molar-refractivity contribution < 1.29 is 45.8 Å². The molecule has 0 radical (unpaired) electrons. The summed E-state index contributed by atoms with van der Waals surface area (Å²) in [5.41, 5.74) is 7.36. The number of benzene rings is 1. The van der Waals surface area contributed by atoms with Crippen molar-refractivity contribution in [1.29, 1.82) is 0 Å². The first-order valence-electron chi connectivity index (χ1n) is 8.73. The molecule has 3 aromatic rings. The number of pyridine rings is 1. The maximum atomic E-state index is 12.3. The summed E-state index contributed by atoms with van der Waals surface area (Å²) in [4.78, 5) is 25.2. The number of carboxylic acid groups (broad SMARTS) is 1. The summed E-state index contributed by atoms with van der Waals surface area (Å²) >= 11 is 0. The molecule has 2 heterocycles. The Morgan fingerprint density at radius 1 is 1.12 bits per heavy atom. The number of carboxylic acids is 1. The molecule has 9 nitrogen and oxygen atoms in total. The van der Waals surface area contributed by atoms with Gasteiger partial charge in [-0.15, -0.1) is 13.2 Å². The third-order valence-corrected chi connectivity index (χ3v) is 3.86. The summed E-state index contributed by atoms with van der Waals surface area (Å²) < 4.78 is 73.8. The number of aromatic nitrogens is 3. The number of carbonyl (C=O) groups is 2. The summed E-state index contributed by atoms with van der Waals surface area (Å²) in [5, 5.41) is 14.5. The summed E-state index contributed by atoms with van der Waals surface area (Å²) in [6.45, 7) is 0.0639. The van der Waals surface area contributed by atoms with Crippen LogP contribution in [0.2, 0.25) is 0 Å². The van der Waals surface area contributed by atoms with Crippen molar-refractivity contribution >= 4 is 22.9 Å². The van der Waals surface area contributed by atoms with Gasteiger partial charge in [0.05, 0.1) is 22.3 Å². The maximum absolute atomic E-state index is 12.3. The van der Waals surface area contributed by atoms with E-state index in [1.807, 2.05) is 0 Å². The lowest BCUT2D eigenvalue weighted by Gasteiger charge is -2.09. The highest BCUT2D eigenvalue weighted by atomic mass is 19.4. The van der Waals surface area contributed by atoms with E-state index in [0.29, 0.717) is 28.0 Å². The minimum Gasteiger partial charge on any atom is -0.475 e. The molecule has 0 saturated heterocycles. The van der Waals surface area contributed by atoms with Gasteiger partial charge in [-0.2, -0.15) is 18.3 Å². The predicted molar refractivity (Wildman–Crippen MR) is 101 cm³/mol. The maximum Gasteiger partial charge on any atom is 0.573 e. The van der Waals surface area contributed by atoms with E-state index in [1.54, 1.807) is 6.07 Å². The fraction of sp³-hybridized carbons (Fsp3) is 0.222. The molecule has 0 atom stereocenters. The zero-order chi connectivity index (χ0) is 25.0.